The lowest BCUT2D eigenvalue weighted by Gasteiger charge is -2.35. The molecule has 1 heterocycles. The molecule has 1 aromatic carbocycles. The van der Waals surface area contributed by atoms with Crippen LogP contribution in [0.25, 0.3) is 0 Å². The highest BCUT2D eigenvalue weighted by Gasteiger charge is 2.35. The van der Waals surface area contributed by atoms with Crippen molar-refractivity contribution in [2.24, 2.45) is 0 Å². The number of nitrogens with one attached hydrogen (secondary N) is 1. The van der Waals surface area contributed by atoms with Gasteiger partial charge in [-0.05, 0) is 62.5 Å². The minimum atomic E-state index is -1.92. The van der Waals surface area contributed by atoms with Gasteiger partial charge in [-0.3, -0.25) is 0 Å². The highest BCUT2D eigenvalue weighted by atomic mass is 35.5. The van der Waals surface area contributed by atoms with Crippen LogP contribution in [0.3, 0.4) is 0 Å². The van der Waals surface area contributed by atoms with Crippen molar-refractivity contribution in [2.45, 2.75) is 77.3 Å². The second-order valence-electron chi connectivity index (χ2n) is 8.03. The third-order valence-corrected chi connectivity index (χ3v) is 11.0. The van der Waals surface area contributed by atoms with E-state index in [1.54, 1.807) is 6.07 Å². The molecule has 1 fully saturated rings. The molecule has 27 heavy (non-hydrogen) atoms. The molecule has 0 amide bonds. The molecule has 2 atom stereocenters. The molecule has 1 unspecified atom stereocenters. The summed E-state index contributed by atoms with van der Waals surface area (Å²) in [6.45, 7) is 12.6. The van der Waals surface area contributed by atoms with Gasteiger partial charge >= 0.3 is 0 Å². The van der Waals surface area contributed by atoms with Crippen molar-refractivity contribution >= 4 is 19.9 Å². The van der Waals surface area contributed by atoms with E-state index in [9.17, 15) is 4.39 Å². The van der Waals surface area contributed by atoms with Crippen molar-refractivity contribution in [3.8, 4) is 0 Å². The first kappa shape index (κ1) is 22.8. The maximum Gasteiger partial charge on any atom is 0.192 e. The summed E-state index contributed by atoms with van der Waals surface area (Å²) in [5.41, 5.74) is 1.17. The lowest BCUT2D eigenvalue weighted by atomic mass is 10.0. The monoisotopic (exact) mass is 415 g/mol. The smallest absolute Gasteiger partial charge is 0.192 e. The number of benzene rings is 1. The van der Waals surface area contributed by atoms with Gasteiger partial charge in [-0.15, -0.1) is 0 Å². The third kappa shape index (κ3) is 5.77. The molecule has 3 nitrogen and oxygen atoms in total. The quantitative estimate of drug-likeness (QED) is 0.474. The molecule has 0 aromatic heterocycles. The van der Waals surface area contributed by atoms with E-state index in [1.807, 2.05) is 13.0 Å². The molecule has 1 aromatic rings. The van der Waals surface area contributed by atoms with Crippen LogP contribution in [0.15, 0.2) is 12.1 Å². The van der Waals surface area contributed by atoms with Gasteiger partial charge in [-0.1, -0.05) is 32.4 Å². The van der Waals surface area contributed by atoms with Crippen LogP contribution in [-0.4, -0.2) is 33.6 Å². The van der Waals surface area contributed by atoms with Crippen molar-refractivity contribution in [1.82, 2.24) is 5.32 Å². The average molecular weight is 416 g/mol. The summed E-state index contributed by atoms with van der Waals surface area (Å²) in [6.07, 6.45) is 1.76. The fourth-order valence-electron chi connectivity index (χ4n) is 3.97. The normalized spacial score (nSPS) is 21.6. The van der Waals surface area contributed by atoms with Crippen molar-refractivity contribution in [1.29, 1.82) is 0 Å². The van der Waals surface area contributed by atoms with Gasteiger partial charge in [0.25, 0.3) is 0 Å². The van der Waals surface area contributed by atoms with Crippen LogP contribution in [0, 0.1) is 12.7 Å². The zero-order valence-electron chi connectivity index (χ0n) is 17.5. The van der Waals surface area contributed by atoms with E-state index >= 15 is 0 Å². The second-order valence-corrected chi connectivity index (χ2v) is 13.2. The summed E-state index contributed by atoms with van der Waals surface area (Å²) < 4.78 is 27.4. The Morgan fingerprint density at radius 2 is 1.96 bits per heavy atom. The van der Waals surface area contributed by atoms with E-state index in [1.165, 1.54) is 0 Å². The molecule has 0 saturated carbocycles. The Morgan fingerprint density at radius 3 is 2.48 bits per heavy atom. The summed E-state index contributed by atoms with van der Waals surface area (Å²) in [5, 5.41) is 3.93. The van der Waals surface area contributed by atoms with Gasteiger partial charge in [0, 0.05) is 30.3 Å². The molecular weight excluding hydrogens is 381 g/mol. The second kappa shape index (κ2) is 9.84. The van der Waals surface area contributed by atoms with Crippen LogP contribution in [0.4, 0.5) is 4.39 Å². The summed E-state index contributed by atoms with van der Waals surface area (Å²) in [7, 11) is -1.92. The van der Waals surface area contributed by atoms with Gasteiger partial charge in [0.2, 0.25) is 0 Å². The fraction of sp³-hybridized carbons (Fsp3) is 0.714. The first-order valence-electron chi connectivity index (χ1n) is 10.3. The van der Waals surface area contributed by atoms with Crippen molar-refractivity contribution in [3.05, 3.63) is 34.1 Å². The molecule has 0 spiro atoms. The van der Waals surface area contributed by atoms with E-state index in [0.717, 1.165) is 49.7 Å². The Balaban J connectivity index is 2.23. The van der Waals surface area contributed by atoms with Crippen LogP contribution >= 0.6 is 11.6 Å². The molecular formula is C21H35ClFNO2Si. The Labute approximate surface area is 170 Å². The molecule has 2 rings (SSSR count). The molecule has 6 heteroatoms. The standard InChI is InChI=1S/C21H35ClFNO2Si/c1-6-27(7-2,8-3)26-19(14-24-15-21(5)10-9-11-25-21)20-17(22)12-16(4)13-18(20)23/h12-13,19,24H,6-11,14-15H2,1-5H3/t19?,21-/m0/s1. The summed E-state index contributed by atoms with van der Waals surface area (Å²) in [6, 6.07) is 6.42. The number of hydrogen-bond acceptors (Lipinski definition) is 3. The van der Waals surface area contributed by atoms with E-state index in [-0.39, 0.29) is 17.5 Å². The highest BCUT2D eigenvalue weighted by molar-refractivity contribution is 6.73. The van der Waals surface area contributed by atoms with Crippen molar-refractivity contribution < 1.29 is 13.6 Å². The van der Waals surface area contributed by atoms with Gasteiger partial charge in [0.05, 0.1) is 11.7 Å². The predicted octanol–water partition coefficient (Wildman–Crippen LogP) is 6.01. The number of rotatable bonds is 10. The van der Waals surface area contributed by atoms with Gasteiger partial charge in [0.1, 0.15) is 5.82 Å². The Bertz CT molecular complexity index is 587. The predicted molar refractivity (Wildman–Crippen MR) is 114 cm³/mol. The van der Waals surface area contributed by atoms with Crippen LogP contribution < -0.4 is 5.32 Å². The Hall–Kier alpha value is -0.463. The zero-order chi connectivity index (χ0) is 20.1. The van der Waals surface area contributed by atoms with Crippen LogP contribution in [0.1, 0.15) is 57.8 Å². The number of halogens is 2. The van der Waals surface area contributed by atoms with E-state index < -0.39 is 8.32 Å². The Kier molecular flexibility index (Phi) is 8.31. The minimum absolute atomic E-state index is 0.144. The maximum atomic E-state index is 14.9. The Morgan fingerprint density at radius 1 is 1.30 bits per heavy atom. The average Bonchev–Trinajstić information content (AvgIpc) is 3.05. The first-order chi connectivity index (χ1) is 12.8. The van der Waals surface area contributed by atoms with Gasteiger partial charge < -0.3 is 14.5 Å². The molecule has 154 valence electrons. The first-order valence-corrected chi connectivity index (χ1v) is 13.2. The van der Waals surface area contributed by atoms with Gasteiger partial charge in [0.15, 0.2) is 8.32 Å². The minimum Gasteiger partial charge on any atom is -0.408 e. The van der Waals surface area contributed by atoms with Crippen LogP contribution in [0.2, 0.25) is 23.2 Å². The summed E-state index contributed by atoms with van der Waals surface area (Å²) >= 11 is 6.46. The van der Waals surface area contributed by atoms with E-state index in [2.05, 4.69) is 33.0 Å². The van der Waals surface area contributed by atoms with Crippen LogP contribution in [0.5, 0.6) is 0 Å². The number of ether oxygens (including phenoxy) is 1. The molecule has 1 N–H and O–H groups in total. The van der Waals surface area contributed by atoms with E-state index in [0.29, 0.717) is 17.1 Å². The van der Waals surface area contributed by atoms with E-state index in [4.69, 9.17) is 20.8 Å². The van der Waals surface area contributed by atoms with Crippen molar-refractivity contribution in [3.63, 3.8) is 0 Å². The summed E-state index contributed by atoms with van der Waals surface area (Å²) in [5.74, 6) is -0.277. The van der Waals surface area contributed by atoms with Gasteiger partial charge in [-0.25, -0.2) is 4.39 Å². The molecule has 1 aliphatic heterocycles. The lowest BCUT2D eigenvalue weighted by Crippen LogP contribution is -2.43. The van der Waals surface area contributed by atoms with Crippen LogP contribution in [-0.2, 0) is 9.16 Å². The molecule has 1 aliphatic rings. The number of hydrogen-bond donors (Lipinski definition) is 1. The third-order valence-electron chi connectivity index (χ3n) is 6.00. The largest absolute Gasteiger partial charge is 0.408 e. The highest BCUT2D eigenvalue weighted by Crippen LogP contribution is 2.35. The number of aryl methyl sites for hydroxylation is 1. The molecule has 1 saturated heterocycles. The lowest BCUT2D eigenvalue weighted by molar-refractivity contribution is 0.0188. The summed E-state index contributed by atoms with van der Waals surface area (Å²) in [4.78, 5) is 0. The maximum absolute atomic E-state index is 14.9. The zero-order valence-corrected chi connectivity index (χ0v) is 19.2. The molecule has 0 radical (unpaired) electrons. The SMILES string of the molecule is CC[Si](CC)(CC)OC(CNC[C@]1(C)CCCO1)c1c(F)cc(C)cc1Cl. The molecule has 0 bridgehead atoms. The topological polar surface area (TPSA) is 30.5 Å². The molecule has 0 aliphatic carbocycles. The fourth-order valence-corrected chi connectivity index (χ4v) is 7.16. The van der Waals surface area contributed by atoms with Crippen molar-refractivity contribution in [2.75, 3.05) is 19.7 Å². The van der Waals surface area contributed by atoms with Gasteiger partial charge in [-0.2, -0.15) is 0 Å².